The summed E-state index contributed by atoms with van der Waals surface area (Å²) in [5, 5.41) is 0. The van der Waals surface area contributed by atoms with Gasteiger partial charge in [-0.2, -0.15) is 0 Å². The molecule has 1 unspecified atom stereocenters. The molecule has 374 valence electrons. The number of hydrogen-bond donors (Lipinski definition) is 0. The van der Waals surface area contributed by atoms with Gasteiger partial charge in [0.2, 0.25) is 0 Å². The molecule has 0 N–H and O–H groups in total. The Morgan fingerprint density at radius 2 is 0.591 bits per heavy atom. The van der Waals surface area contributed by atoms with Crippen LogP contribution in [0.5, 0.6) is 0 Å². The fourth-order valence-electron chi connectivity index (χ4n) is 6.98. The number of carbonyl (C=O) groups excluding carboxylic acids is 3. The van der Waals surface area contributed by atoms with E-state index in [9.17, 15) is 14.4 Å². The Morgan fingerprint density at radius 1 is 0.318 bits per heavy atom. The first kappa shape index (κ1) is 62.1. The molecular formula is C60H98O6. The third kappa shape index (κ3) is 51.1. The average molecular weight is 915 g/mol. The summed E-state index contributed by atoms with van der Waals surface area (Å²) in [5.74, 6) is -0.965. The topological polar surface area (TPSA) is 78.9 Å². The highest BCUT2D eigenvalue weighted by Crippen LogP contribution is 2.13. The molecule has 0 aromatic carbocycles. The van der Waals surface area contributed by atoms with E-state index >= 15 is 0 Å². The van der Waals surface area contributed by atoms with Gasteiger partial charge >= 0.3 is 17.9 Å². The van der Waals surface area contributed by atoms with Crippen molar-refractivity contribution in [2.45, 2.75) is 239 Å². The molecule has 0 aromatic rings. The summed E-state index contributed by atoms with van der Waals surface area (Å²) in [5.41, 5.74) is 0. The smallest absolute Gasteiger partial charge is 0.306 e. The number of rotatable bonds is 47. The van der Waals surface area contributed by atoms with Crippen LogP contribution in [0, 0.1) is 0 Å². The zero-order valence-electron chi connectivity index (χ0n) is 42.7. The predicted octanol–water partition coefficient (Wildman–Crippen LogP) is 17.9. The number of esters is 3. The van der Waals surface area contributed by atoms with Crippen LogP contribution in [-0.4, -0.2) is 37.2 Å². The van der Waals surface area contributed by atoms with Crippen molar-refractivity contribution in [3.05, 3.63) is 109 Å². The van der Waals surface area contributed by atoms with Gasteiger partial charge in [0.1, 0.15) is 13.2 Å². The SMILES string of the molecule is CC/C=C\C/C=C\C/C=C\C/C=C\C/C=C\C/C=C\CCCCC(=O)OCC(COC(=O)CCCCCCCCCC)OC(=O)CCCCCCCC/C=C\C/C=C\C/C=C\CCCCC. The quantitative estimate of drug-likeness (QED) is 0.0262. The summed E-state index contributed by atoms with van der Waals surface area (Å²) >= 11 is 0. The minimum Gasteiger partial charge on any atom is -0.462 e. The lowest BCUT2D eigenvalue weighted by Crippen LogP contribution is -2.30. The second kappa shape index (κ2) is 53.7. The maximum atomic E-state index is 12.8. The number of hydrogen-bond acceptors (Lipinski definition) is 6. The summed E-state index contributed by atoms with van der Waals surface area (Å²) in [6, 6.07) is 0. The van der Waals surface area contributed by atoms with Crippen LogP contribution in [0.2, 0.25) is 0 Å². The fraction of sp³-hybridized carbons (Fsp3) is 0.650. The van der Waals surface area contributed by atoms with E-state index in [4.69, 9.17) is 14.2 Å². The molecule has 0 aliphatic heterocycles. The third-order valence-corrected chi connectivity index (χ3v) is 11.0. The third-order valence-electron chi connectivity index (χ3n) is 11.0. The van der Waals surface area contributed by atoms with Crippen molar-refractivity contribution in [1.82, 2.24) is 0 Å². The van der Waals surface area contributed by atoms with E-state index in [2.05, 4.69) is 130 Å². The first-order chi connectivity index (χ1) is 32.5. The molecule has 0 heterocycles. The number of unbranched alkanes of at least 4 members (excludes halogenated alkanes) is 18. The minimum absolute atomic E-state index is 0.0984. The summed E-state index contributed by atoms with van der Waals surface area (Å²) < 4.78 is 16.7. The van der Waals surface area contributed by atoms with Crippen LogP contribution in [0.1, 0.15) is 233 Å². The average Bonchev–Trinajstić information content (AvgIpc) is 3.31. The molecule has 66 heavy (non-hydrogen) atoms. The molecule has 0 radical (unpaired) electrons. The van der Waals surface area contributed by atoms with Gasteiger partial charge in [-0.3, -0.25) is 14.4 Å². The number of carbonyl (C=O) groups is 3. The summed E-state index contributed by atoms with van der Waals surface area (Å²) in [6.45, 7) is 6.41. The van der Waals surface area contributed by atoms with Crippen LogP contribution >= 0.6 is 0 Å². The Hall–Kier alpha value is -3.93. The molecule has 6 nitrogen and oxygen atoms in total. The highest BCUT2D eigenvalue weighted by molar-refractivity contribution is 5.71. The van der Waals surface area contributed by atoms with E-state index < -0.39 is 6.10 Å². The standard InChI is InChI=1S/C60H98O6/c1-4-7-10-13-16-19-21-23-25-27-29-30-32-33-35-37-39-41-44-47-50-53-59(62)65-56-57(55-64-58(61)52-49-46-43-18-15-12-9-6-3)66-60(63)54-51-48-45-42-40-38-36-34-31-28-26-24-22-20-17-14-11-8-5-2/h7,10,16-17,19-20,23-26,29-31,33-35,39,41,57H,4-6,8-9,11-15,18,21-22,27-28,32,36-38,40,42-56H2,1-3H3/b10-7-,19-16-,20-17-,25-23-,26-24-,30-29-,34-31-,35-33-,41-39-. The molecule has 0 fully saturated rings. The van der Waals surface area contributed by atoms with Crippen molar-refractivity contribution in [2.24, 2.45) is 0 Å². The fourth-order valence-corrected chi connectivity index (χ4v) is 6.98. The van der Waals surface area contributed by atoms with Gasteiger partial charge in [-0.05, 0) is 109 Å². The molecule has 0 bridgehead atoms. The lowest BCUT2D eigenvalue weighted by molar-refractivity contribution is -0.167. The van der Waals surface area contributed by atoms with Gasteiger partial charge in [0.15, 0.2) is 6.10 Å². The van der Waals surface area contributed by atoms with E-state index in [1.54, 1.807) is 0 Å². The molecule has 0 amide bonds. The lowest BCUT2D eigenvalue weighted by atomic mass is 10.1. The molecule has 0 saturated heterocycles. The van der Waals surface area contributed by atoms with E-state index in [1.165, 1.54) is 70.6 Å². The zero-order valence-corrected chi connectivity index (χ0v) is 42.7. The Morgan fingerprint density at radius 3 is 0.985 bits per heavy atom. The van der Waals surface area contributed by atoms with Gasteiger partial charge in [-0.15, -0.1) is 0 Å². The van der Waals surface area contributed by atoms with E-state index in [1.807, 2.05) is 0 Å². The van der Waals surface area contributed by atoms with Gasteiger partial charge in [-0.25, -0.2) is 0 Å². The maximum absolute atomic E-state index is 12.8. The van der Waals surface area contributed by atoms with Crippen LogP contribution < -0.4 is 0 Å². The zero-order chi connectivity index (χ0) is 47.9. The van der Waals surface area contributed by atoms with Crippen LogP contribution in [0.25, 0.3) is 0 Å². The molecule has 0 aliphatic carbocycles. The summed E-state index contributed by atoms with van der Waals surface area (Å²) in [4.78, 5) is 37.9. The highest BCUT2D eigenvalue weighted by Gasteiger charge is 2.19. The van der Waals surface area contributed by atoms with Crippen molar-refractivity contribution in [1.29, 1.82) is 0 Å². The first-order valence-corrected chi connectivity index (χ1v) is 26.9. The van der Waals surface area contributed by atoms with Crippen molar-refractivity contribution in [2.75, 3.05) is 13.2 Å². The van der Waals surface area contributed by atoms with Crippen LogP contribution in [-0.2, 0) is 28.6 Å². The van der Waals surface area contributed by atoms with Crippen molar-refractivity contribution >= 4 is 17.9 Å². The lowest BCUT2D eigenvalue weighted by Gasteiger charge is -2.18. The van der Waals surface area contributed by atoms with Gasteiger partial charge in [0.05, 0.1) is 0 Å². The van der Waals surface area contributed by atoms with Gasteiger partial charge in [0.25, 0.3) is 0 Å². The predicted molar refractivity (Wildman–Crippen MR) is 283 cm³/mol. The van der Waals surface area contributed by atoms with E-state index in [0.29, 0.717) is 19.3 Å². The number of allylic oxidation sites excluding steroid dienone is 18. The first-order valence-electron chi connectivity index (χ1n) is 26.9. The van der Waals surface area contributed by atoms with Crippen molar-refractivity contribution < 1.29 is 28.6 Å². The molecular weight excluding hydrogens is 817 g/mol. The Bertz CT molecular complexity index is 1370. The molecule has 1 atom stereocenters. The van der Waals surface area contributed by atoms with Crippen molar-refractivity contribution in [3.63, 3.8) is 0 Å². The van der Waals surface area contributed by atoms with Crippen molar-refractivity contribution in [3.8, 4) is 0 Å². The maximum Gasteiger partial charge on any atom is 0.306 e. The van der Waals surface area contributed by atoms with Crippen LogP contribution in [0.15, 0.2) is 109 Å². The molecule has 0 rings (SSSR count). The Balaban J connectivity index is 4.41. The second-order valence-corrected chi connectivity index (χ2v) is 17.4. The Kier molecular flexibility index (Phi) is 50.5. The van der Waals surface area contributed by atoms with E-state index in [0.717, 1.165) is 122 Å². The summed E-state index contributed by atoms with van der Waals surface area (Å²) in [6.07, 6.45) is 72.2. The highest BCUT2D eigenvalue weighted by atomic mass is 16.6. The molecule has 0 saturated carbocycles. The normalized spacial score (nSPS) is 13.0. The van der Waals surface area contributed by atoms with E-state index in [-0.39, 0.29) is 31.1 Å². The van der Waals surface area contributed by atoms with Gasteiger partial charge in [0, 0.05) is 19.3 Å². The molecule has 6 heteroatoms. The molecule has 0 spiro atoms. The molecule has 0 aromatic heterocycles. The summed E-state index contributed by atoms with van der Waals surface area (Å²) in [7, 11) is 0. The largest absolute Gasteiger partial charge is 0.462 e. The minimum atomic E-state index is -0.802. The van der Waals surface area contributed by atoms with Gasteiger partial charge < -0.3 is 14.2 Å². The number of ether oxygens (including phenoxy) is 3. The Labute approximate surface area is 406 Å². The second-order valence-electron chi connectivity index (χ2n) is 17.4. The molecule has 0 aliphatic rings. The van der Waals surface area contributed by atoms with Crippen LogP contribution in [0.3, 0.4) is 0 Å². The van der Waals surface area contributed by atoms with Gasteiger partial charge in [-0.1, -0.05) is 214 Å². The van der Waals surface area contributed by atoms with Crippen LogP contribution in [0.4, 0.5) is 0 Å². The monoisotopic (exact) mass is 915 g/mol.